The molecule has 0 radical (unpaired) electrons. The number of nitrogen functional groups attached to an aromatic ring is 1. The van der Waals surface area contributed by atoms with E-state index in [4.69, 9.17) is 5.73 Å². The largest absolute Gasteiger partial charge is 0.399 e. The maximum absolute atomic E-state index is 11.9. The van der Waals surface area contributed by atoms with Gasteiger partial charge in [-0.15, -0.1) is 0 Å². The van der Waals surface area contributed by atoms with Crippen LogP contribution in [-0.2, 0) is 4.79 Å². The fourth-order valence-electron chi connectivity index (χ4n) is 3.80. The van der Waals surface area contributed by atoms with Gasteiger partial charge in [0, 0.05) is 17.8 Å². The Balaban J connectivity index is 1.77. The van der Waals surface area contributed by atoms with E-state index in [0.29, 0.717) is 6.42 Å². The van der Waals surface area contributed by atoms with E-state index in [1.807, 2.05) is 24.3 Å². The molecule has 0 aliphatic rings. The second-order valence-corrected chi connectivity index (χ2v) is 8.58. The molecule has 166 valence electrons. The molecule has 0 saturated heterocycles. The monoisotopic (exact) mass is 402 g/mol. The zero-order chi connectivity index (χ0) is 21.0. The van der Waals surface area contributed by atoms with Crippen LogP contribution in [0.4, 0.5) is 11.4 Å². The summed E-state index contributed by atoms with van der Waals surface area (Å²) in [7, 11) is 0. The number of anilines is 2. The summed E-state index contributed by atoms with van der Waals surface area (Å²) in [5, 5.41) is 2.93. The highest BCUT2D eigenvalue weighted by Crippen LogP contribution is 2.15. The first kappa shape index (κ1) is 25.5. The van der Waals surface area contributed by atoms with Crippen LogP contribution in [-0.4, -0.2) is 5.91 Å². The quantitative estimate of drug-likeness (QED) is 0.181. The first-order valence-electron chi connectivity index (χ1n) is 12.4. The van der Waals surface area contributed by atoms with E-state index in [-0.39, 0.29) is 5.91 Å². The van der Waals surface area contributed by atoms with Crippen molar-refractivity contribution in [1.29, 1.82) is 0 Å². The van der Waals surface area contributed by atoms with Crippen LogP contribution in [0.25, 0.3) is 0 Å². The van der Waals surface area contributed by atoms with Gasteiger partial charge in [0.2, 0.25) is 5.91 Å². The molecule has 0 fully saturated rings. The molecule has 29 heavy (non-hydrogen) atoms. The third kappa shape index (κ3) is 16.0. The molecule has 3 nitrogen and oxygen atoms in total. The molecule has 1 aromatic carbocycles. The van der Waals surface area contributed by atoms with Gasteiger partial charge in [0.1, 0.15) is 0 Å². The number of nitrogens with one attached hydrogen (secondary N) is 1. The van der Waals surface area contributed by atoms with Crippen molar-refractivity contribution in [2.45, 2.75) is 122 Å². The third-order valence-corrected chi connectivity index (χ3v) is 5.70. The lowest BCUT2D eigenvalue weighted by atomic mass is 10.0. The predicted octanol–water partition coefficient (Wildman–Crippen LogP) is 8.25. The van der Waals surface area contributed by atoms with Gasteiger partial charge in [-0.3, -0.25) is 4.79 Å². The van der Waals surface area contributed by atoms with E-state index in [2.05, 4.69) is 12.2 Å². The highest BCUT2D eigenvalue weighted by Gasteiger charge is 2.02. The fraction of sp³-hybridized carbons (Fsp3) is 0.731. The average molecular weight is 403 g/mol. The summed E-state index contributed by atoms with van der Waals surface area (Å²) in [6.07, 6.45) is 23.7. The summed E-state index contributed by atoms with van der Waals surface area (Å²) in [4.78, 5) is 11.9. The van der Waals surface area contributed by atoms with Gasteiger partial charge in [-0.1, -0.05) is 110 Å². The molecule has 0 heterocycles. The molecular formula is C26H46N2O. The van der Waals surface area contributed by atoms with E-state index in [9.17, 15) is 4.79 Å². The Bertz CT molecular complexity index is 498. The molecule has 1 aromatic rings. The highest BCUT2D eigenvalue weighted by molar-refractivity contribution is 5.90. The van der Waals surface area contributed by atoms with Gasteiger partial charge >= 0.3 is 0 Å². The molecule has 0 atom stereocenters. The molecule has 1 amide bonds. The van der Waals surface area contributed by atoms with Crippen LogP contribution in [0.2, 0.25) is 0 Å². The van der Waals surface area contributed by atoms with Gasteiger partial charge in [0.05, 0.1) is 0 Å². The number of nitrogens with two attached hydrogens (primary N) is 1. The van der Waals surface area contributed by atoms with Gasteiger partial charge in [-0.05, 0) is 30.7 Å². The van der Waals surface area contributed by atoms with E-state index < -0.39 is 0 Å². The molecule has 0 saturated carbocycles. The topological polar surface area (TPSA) is 55.1 Å². The van der Waals surface area contributed by atoms with Crippen LogP contribution >= 0.6 is 0 Å². The number of amides is 1. The molecule has 0 aromatic heterocycles. The van der Waals surface area contributed by atoms with Crippen molar-refractivity contribution in [3.8, 4) is 0 Å². The van der Waals surface area contributed by atoms with Crippen LogP contribution in [0, 0.1) is 0 Å². The second-order valence-electron chi connectivity index (χ2n) is 8.58. The van der Waals surface area contributed by atoms with Gasteiger partial charge in [0.15, 0.2) is 0 Å². The van der Waals surface area contributed by atoms with Gasteiger partial charge < -0.3 is 11.1 Å². The van der Waals surface area contributed by atoms with Gasteiger partial charge in [-0.25, -0.2) is 0 Å². The summed E-state index contributed by atoms with van der Waals surface area (Å²) < 4.78 is 0. The van der Waals surface area contributed by atoms with Crippen molar-refractivity contribution in [3.63, 3.8) is 0 Å². The molecule has 3 heteroatoms. The van der Waals surface area contributed by atoms with Gasteiger partial charge in [0.25, 0.3) is 0 Å². The Kier molecular flexibility index (Phi) is 16.3. The number of hydrogen-bond donors (Lipinski definition) is 2. The van der Waals surface area contributed by atoms with Gasteiger partial charge in [-0.2, -0.15) is 0 Å². The van der Waals surface area contributed by atoms with Crippen LogP contribution in [0.5, 0.6) is 0 Å². The fourth-order valence-corrected chi connectivity index (χ4v) is 3.80. The number of hydrogen-bond acceptors (Lipinski definition) is 2. The van der Waals surface area contributed by atoms with Crippen molar-refractivity contribution in [2.24, 2.45) is 0 Å². The summed E-state index contributed by atoms with van der Waals surface area (Å²) in [6, 6.07) is 7.32. The lowest BCUT2D eigenvalue weighted by Gasteiger charge is -2.06. The standard InChI is InChI=1S/C26H46N2O/c1-2-3-4-5-6-7-8-9-10-11-12-13-14-15-16-17-18-19-26(29)28-25-22-20-24(27)21-23-25/h20-23H,2-19,27H2,1H3,(H,28,29). The molecule has 0 spiro atoms. The molecule has 0 bridgehead atoms. The molecule has 0 aliphatic heterocycles. The summed E-state index contributed by atoms with van der Waals surface area (Å²) in [5.41, 5.74) is 7.20. The van der Waals surface area contributed by atoms with E-state index >= 15 is 0 Å². The van der Waals surface area contributed by atoms with Crippen molar-refractivity contribution >= 4 is 17.3 Å². The summed E-state index contributed by atoms with van der Waals surface area (Å²) >= 11 is 0. The Morgan fingerprint density at radius 2 is 1.03 bits per heavy atom. The Labute approximate surface area is 180 Å². The van der Waals surface area contributed by atoms with Crippen LogP contribution in [0.3, 0.4) is 0 Å². The average Bonchev–Trinajstić information content (AvgIpc) is 2.72. The first-order chi connectivity index (χ1) is 14.2. The lowest BCUT2D eigenvalue weighted by molar-refractivity contribution is -0.116. The maximum Gasteiger partial charge on any atom is 0.224 e. The van der Waals surface area contributed by atoms with Crippen molar-refractivity contribution in [3.05, 3.63) is 24.3 Å². The lowest BCUT2D eigenvalue weighted by Crippen LogP contribution is -2.10. The highest BCUT2D eigenvalue weighted by atomic mass is 16.1. The van der Waals surface area contributed by atoms with Crippen LogP contribution in [0.1, 0.15) is 122 Å². The van der Waals surface area contributed by atoms with E-state index in [0.717, 1.165) is 24.2 Å². The summed E-state index contributed by atoms with van der Waals surface area (Å²) in [6.45, 7) is 2.28. The molecule has 0 unspecified atom stereocenters. The zero-order valence-corrected chi connectivity index (χ0v) is 19.0. The minimum atomic E-state index is 0.107. The summed E-state index contributed by atoms with van der Waals surface area (Å²) in [5.74, 6) is 0.107. The molecular weight excluding hydrogens is 356 g/mol. The number of benzene rings is 1. The van der Waals surface area contributed by atoms with Crippen molar-refractivity contribution in [2.75, 3.05) is 11.1 Å². The van der Waals surface area contributed by atoms with Crippen LogP contribution < -0.4 is 11.1 Å². The molecule has 0 aliphatic carbocycles. The molecule has 1 rings (SSSR count). The normalized spacial score (nSPS) is 10.9. The Hall–Kier alpha value is -1.51. The minimum absolute atomic E-state index is 0.107. The van der Waals surface area contributed by atoms with Crippen LogP contribution in [0.15, 0.2) is 24.3 Å². The third-order valence-electron chi connectivity index (χ3n) is 5.70. The van der Waals surface area contributed by atoms with E-state index in [1.54, 1.807) is 0 Å². The Morgan fingerprint density at radius 1 is 0.655 bits per heavy atom. The van der Waals surface area contributed by atoms with Crippen molar-refractivity contribution < 1.29 is 4.79 Å². The maximum atomic E-state index is 11.9. The number of rotatable bonds is 19. The Morgan fingerprint density at radius 3 is 1.45 bits per heavy atom. The second kappa shape index (κ2) is 18.5. The smallest absolute Gasteiger partial charge is 0.224 e. The van der Waals surface area contributed by atoms with E-state index in [1.165, 1.54) is 96.3 Å². The van der Waals surface area contributed by atoms with Crippen molar-refractivity contribution in [1.82, 2.24) is 0 Å². The molecule has 3 N–H and O–H groups in total. The first-order valence-corrected chi connectivity index (χ1v) is 12.4. The predicted molar refractivity (Wildman–Crippen MR) is 128 cm³/mol. The SMILES string of the molecule is CCCCCCCCCCCCCCCCCCCC(=O)Nc1ccc(N)cc1. The zero-order valence-electron chi connectivity index (χ0n) is 19.0. The minimum Gasteiger partial charge on any atom is -0.399 e. The number of carbonyl (C=O) groups excluding carboxylic acids is 1. The number of unbranched alkanes of at least 4 members (excludes halogenated alkanes) is 16. The number of carbonyl (C=O) groups is 1.